The van der Waals surface area contributed by atoms with E-state index in [4.69, 9.17) is 11.6 Å². The molecule has 0 aliphatic heterocycles. The third-order valence-electron chi connectivity index (χ3n) is 3.52. The fraction of sp³-hybridized carbons (Fsp3) is 0.235. The van der Waals surface area contributed by atoms with Gasteiger partial charge in [-0.2, -0.15) is 0 Å². The number of hydrogen-bond donors (Lipinski definition) is 2. The van der Waals surface area contributed by atoms with Crippen LogP contribution in [0.3, 0.4) is 0 Å². The number of carbonyl (C=O) groups is 2. The van der Waals surface area contributed by atoms with Crippen molar-refractivity contribution in [3.05, 3.63) is 53.4 Å². The zero-order chi connectivity index (χ0) is 18.4. The van der Waals surface area contributed by atoms with Gasteiger partial charge >= 0.3 is 0 Å². The average Bonchev–Trinajstić information content (AvgIpc) is 2.56. The van der Waals surface area contributed by atoms with Crippen LogP contribution >= 0.6 is 11.6 Å². The topological polar surface area (TPSA) is 74.3 Å². The average molecular weight is 365 g/mol. The van der Waals surface area contributed by atoms with Gasteiger partial charge in [0.15, 0.2) is 0 Å². The summed E-state index contributed by atoms with van der Waals surface area (Å²) >= 11 is 5.74. The molecule has 0 fully saturated rings. The summed E-state index contributed by atoms with van der Waals surface area (Å²) in [4.78, 5) is 29.8. The molecule has 8 heteroatoms. The summed E-state index contributed by atoms with van der Waals surface area (Å²) < 4.78 is 13.1. The Hall–Kier alpha value is -2.51. The van der Waals surface area contributed by atoms with Crippen LogP contribution in [0.4, 0.5) is 15.9 Å². The van der Waals surface area contributed by atoms with E-state index < -0.39 is 11.9 Å². The highest BCUT2D eigenvalue weighted by molar-refractivity contribution is 6.30. The summed E-state index contributed by atoms with van der Waals surface area (Å²) in [7, 11) is 1.64. The standard InChI is InChI=1S/C17H18ClFN4O2/c1-11(17(25)22-15-7-6-12(18)9-20-15)23(2)10-16(24)21-14-5-3-4-13(19)8-14/h3-9,11H,10H2,1-2H3,(H,21,24)(H,20,22,25)/t11-/m0/s1. The SMILES string of the molecule is C[C@@H](C(=O)Nc1ccc(Cl)cn1)N(C)CC(=O)Nc1cccc(F)c1. The number of hydrogen-bond acceptors (Lipinski definition) is 4. The predicted octanol–water partition coefficient (Wildman–Crippen LogP) is 2.77. The fourth-order valence-electron chi connectivity index (χ4n) is 2.01. The maximum atomic E-state index is 13.1. The first-order valence-electron chi connectivity index (χ1n) is 7.53. The molecule has 0 aliphatic carbocycles. The molecule has 0 saturated heterocycles. The van der Waals surface area contributed by atoms with Crippen molar-refractivity contribution in [1.82, 2.24) is 9.88 Å². The summed E-state index contributed by atoms with van der Waals surface area (Å²) in [6.45, 7) is 1.64. The molecule has 132 valence electrons. The Morgan fingerprint density at radius 2 is 2.04 bits per heavy atom. The molecule has 0 spiro atoms. The lowest BCUT2D eigenvalue weighted by Gasteiger charge is -2.23. The van der Waals surface area contributed by atoms with Gasteiger partial charge in [0.25, 0.3) is 0 Å². The number of amides is 2. The first kappa shape index (κ1) is 18.8. The number of anilines is 2. The zero-order valence-corrected chi connectivity index (χ0v) is 14.5. The Morgan fingerprint density at radius 3 is 2.68 bits per heavy atom. The van der Waals surface area contributed by atoms with Crippen LogP contribution in [0.15, 0.2) is 42.6 Å². The lowest BCUT2D eigenvalue weighted by molar-refractivity contribution is -0.122. The predicted molar refractivity (Wildman–Crippen MR) is 95.0 cm³/mol. The molecule has 2 rings (SSSR count). The summed E-state index contributed by atoms with van der Waals surface area (Å²) in [6, 6.07) is 8.23. The van der Waals surface area contributed by atoms with Gasteiger partial charge in [0.05, 0.1) is 17.6 Å². The number of halogens is 2. The van der Waals surface area contributed by atoms with Gasteiger partial charge in [-0.3, -0.25) is 14.5 Å². The van der Waals surface area contributed by atoms with Crippen LogP contribution in [-0.4, -0.2) is 41.3 Å². The maximum Gasteiger partial charge on any atom is 0.242 e. The number of likely N-dealkylation sites (N-methyl/N-ethyl adjacent to an activating group) is 1. The van der Waals surface area contributed by atoms with Gasteiger partial charge in [-0.25, -0.2) is 9.37 Å². The molecule has 0 saturated carbocycles. The lowest BCUT2D eigenvalue weighted by Crippen LogP contribution is -2.43. The Bertz CT molecular complexity index is 755. The Kier molecular flexibility index (Phi) is 6.44. The number of benzene rings is 1. The second-order valence-electron chi connectivity index (χ2n) is 5.50. The molecule has 0 aliphatic rings. The van der Waals surface area contributed by atoms with E-state index in [2.05, 4.69) is 15.6 Å². The highest BCUT2D eigenvalue weighted by Crippen LogP contribution is 2.11. The summed E-state index contributed by atoms with van der Waals surface area (Å²) in [5.41, 5.74) is 0.362. The van der Waals surface area contributed by atoms with Crippen LogP contribution in [0, 0.1) is 5.82 Å². The molecule has 2 aromatic rings. The third kappa shape index (κ3) is 5.81. The van der Waals surface area contributed by atoms with Crippen LogP contribution in [-0.2, 0) is 9.59 Å². The van der Waals surface area contributed by atoms with Crippen LogP contribution < -0.4 is 10.6 Å². The van der Waals surface area contributed by atoms with E-state index in [1.165, 1.54) is 24.4 Å². The molecule has 2 amide bonds. The molecule has 1 heterocycles. The van der Waals surface area contributed by atoms with Crippen molar-refractivity contribution in [2.45, 2.75) is 13.0 Å². The van der Waals surface area contributed by atoms with E-state index in [9.17, 15) is 14.0 Å². The Labute approximate surface area is 150 Å². The number of aromatic nitrogens is 1. The van der Waals surface area contributed by atoms with Crippen molar-refractivity contribution in [3.8, 4) is 0 Å². The molecule has 1 aromatic heterocycles. The van der Waals surface area contributed by atoms with Gasteiger partial charge in [0.1, 0.15) is 11.6 Å². The van der Waals surface area contributed by atoms with E-state index in [0.29, 0.717) is 16.5 Å². The number of carbonyl (C=O) groups excluding carboxylic acids is 2. The van der Waals surface area contributed by atoms with E-state index in [0.717, 1.165) is 0 Å². The number of pyridine rings is 1. The van der Waals surface area contributed by atoms with Crippen LogP contribution in [0.1, 0.15) is 6.92 Å². The second kappa shape index (κ2) is 8.55. The summed E-state index contributed by atoms with van der Waals surface area (Å²) in [5, 5.41) is 5.70. The fourth-order valence-corrected chi connectivity index (χ4v) is 2.12. The highest BCUT2D eigenvalue weighted by atomic mass is 35.5. The quantitative estimate of drug-likeness (QED) is 0.826. The Morgan fingerprint density at radius 1 is 1.28 bits per heavy atom. The normalized spacial score (nSPS) is 11.9. The molecule has 25 heavy (non-hydrogen) atoms. The number of nitrogens with one attached hydrogen (secondary N) is 2. The van der Waals surface area contributed by atoms with Crippen molar-refractivity contribution in [2.75, 3.05) is 24.2 Å². The van der Waals surface area contributed by atoms with Crippen molar-refractivity contribution < 1.29 is 14.0 Å². The molecule has 6 nitrogen and oxygen atoms in total. The van der Waals surface area contributed by atoms with Crippen molar-refractivity contribution >= 4 is 34.9 Å². The lowest BCUT2D eigenvalue weighted by atomic mass is 10.2. The summed E-state index contributed by atoms with van der Waals surface area (Å²) in [5.74, 6) is -0.721. The molecule has 0 radical (unpaired) electrons. The maximum absolute atomic E-state index is 13.1. The van der Waals surface area contributed by atoms with Gasteiger partial charge in [0.2, 0.25) is 11.8 Å². The smallest absolute Gasteiger partial charge is 0.242 e. The van der Waals surface area contributed by atoms with E-state index >= 15 is 0 Å². The zero-order valence-electron chi connectivity index (χ0n) is 13.8. The number of nitrogens with zero attached hydrogens (tertiary/aromatic N) is 2. The molecule has 1 aromatic carbocycles. The minimum absolute atomic E-state index is 0.0286. The van der Waals surface area contributed by atoms with E-state index in [1.807, 2.05) is 0 Å². The minimum Gasteiger partial charge on any atom is -0.325 e. The van der Waals surface area contributed by atoms with Gasteiger partial charge in [-0.15, -0.1) is 0 Å². The first-order chi connectivity index (χ1) is 11.8. The van der Waals surface area contributed by atoms with Crippen LogP contribution in [0.2, 0.25) is 5.02 Å². The van der Waals surface area contributed by atoms with Crippen LogP contribution in [0.25, 0.3) is 0 Å². The van der Waals surface area contributed by atoms with Crippen molar-refractivity contribution in [1.29, 1.82) is 0 Å². The highest BCUT2D eigenvalue weighted by Gasteiger charge is 2.20. The number of rotatable bonds is 6. The second-order valence-corrected chi connectivity index (χ2v) is 5.94. The molecular weight excluding hydrogens is 347 g/mol. The molecule has 2 N–H and O–H groups in total. The van der Waals surface area contributed by atoms with Gasteiger partial charge in [-0.05, 0) is 44.3 Å². The monoisotopic (exact) mass is 364 g/mol. The van der Waals surface area contributed by atoms with E-state index in [1.54, 1.807) is 37.1 Å². The molecular formula is C17H18ClFN4O2. The minimum atomic E-state index is -0.573. The van der Waals surface area contributed by atoms with E-state index in [-0.39, 0.29) is 18.4 Å². The third-order valence-corrected chi connectivity index (χ3v) is 3.74. The van der Waals surface area contributed by atoms with Crippen molar-refractivity contribution in [3.63, 3.8) is 0 Å². The molecule has 1 atom stereocenters. The van der Waals surface area contributed by atoms with Gasteiger partial charge in [-0.1, -0.05) is 17.7 Å². The molecule has 0 unspecified atom stereocenters. The van der Waals surface area contributed by atoms with Gasteiger partial charge in [0, 0.05) is 11.9 Å². The largest absolute Gasteiger partial charge is 0.325 e. The van der Waals surface area contributed by atoms with Gasteiger partial charge < -0.3 is 10.6 Å². The van der Waals surface area contributed by atoms with Crippen LogP contribution in [0.5, 0.6) is 0 Å². The molecule has 0 bridgehead atoms. The first-order valence-corrected chi connectivity index (χ1v) is 7.91. The van der Waals surface area contributed by atoms with Crippen molar-refractivity contribution in [2.24, 2.45) is 0 Å². The Balaban J connectivity index is 1.88. The summed E-state index contributed by atoms with van der Waals surface area (Å²) in [6.07, 6.45) is 1.43.